The Labute approximate surface area is 196 Å². The molecule has 0 aliphatic carbocycles. The molecule has 2 nitrogen and oxygen atoms in total. The maximum atomic E-state index is 3.00. The lowest BCUT2D eigenvalue weighted by Crippen LogP contribution is -2.57. The number of piperazine rings is 1. The Morgan fingerprint density at radius 2 is 1.13 bits per heavy atom. The molecule has 2 saturated heterocycles. The third-order valence-corrected chi connectivity index (χ3v) is 8.34. The van der Waals surface area contributed by atoms with Crippen LogP contribution in [0.1, 0.15) is 143 Å². The molecule has 184 valence electrons. The first-order chi connectivity index (χ1) is 15.2. The highest BCUT2D eigenvalue weighted by Crippen LogP contribution is 2.34. The number of nitrogens with zero attached hydrogens (tertiary/aromatic N) is 2. The lowest BCUT2D eigenvalue weighted by Gasteiger charge is -2.45. The zero-order chi connectivity index (χ0) is 22.3. The summed E-state index contributed by atoms with van der Waals surface area (Å²) in [6.45, 7) is 13.6. The topological polar surface area (TPSA) is 6.48 Å². The normalized spacial score (nSPS) is 24.0. The Kier molecular flexibility index (Phi) is 14.5. The second-order valence-corrected chi connectivity index (χ2v) is 11.0. The van der Waals surface area contributed by atoms with Crippen LogP contribution in [0.3, 0.4) is 0 Å². The summed E-state index contributed by atoms with van der Waals surface area (Å²) in [5.74, 6) is 0.955. The molecule has 0 aromatic heterocycles. The summed E-state index contributed by atoms with van der Waals surface area (Å²) in [6.07, 6.45) is 25.8. The molecule has 0 spiro atoms. The van der Waals surface area contributed by atoms with Gasteiger partial charge in [-0.3, -0.25) is 9.80 Å². The van der Waals surface area contributed by atoms with Gasteiger partial charge in [-0.1, -0.05) is 105 Å². The molecule has 2 rings (SSSR count). The van der Waals surface area contributed by atoms with Crippen LogP contribution < -0.4 is 0 Å². The molecule has 0 aromatic rings. The van der Waals surface area contributed by atoms with Gasteiger partial charge in [0, 0.05) is 37.8 Å². The predicted molar refractivity (Wildman–Crippen MR) is 139 cm³/mol. The second kappa shape index (κ2) is 16.5. The minimum atomic E-state index is 0.859. The fourth-order valence-corrected chi connectivity index (χ4v) is 6.42. The Hall–Kier alpha value is -0.0800. The molecule has 0 N–H and O–H groups in total. The SMILES string of the molecule is CCCCCCCC(CCC)N1C[C@H]2CC[C@@H](C1)N2CC(CCCC)CCCCCC. The number of likely N-dealkylation sites (tertiary alicyclic amines) is 1. The molecule has 2 fully saturated rings. The van der Waals surface area contributed by atoms with E-state index in [0.29, 0.717) is 0 Å². The van der Waals surface area contributed by atoms with Crippen LogP contribution in [0.15, 0.2) is 0 Å². The standard InChI is InChI=1S/C29H58N2/c1-5-9-12-14-16-20-27(17-8-4)30-24-28-21-22-29(25-30)31(28)23-26(18-11-7-3)19-15-13-10-6-2/h26-29H,5-25H2,1-4H3/t26?,27?,28-,29+. The molecular formula is C29H58N2. The minimum absolute atomic E-state index is 0.859. The van der Waals surface area contributed by atoms with Gasteiger partial charge in [0.15, 0.2) is 0 Å². The Balaban J connectivity index is 1.84. The summed E-state index contributed by atoms with van der Waals surface area (Å²) in [5.41, 5.74) is 0. The monoisotopic (exact) mass is 434 g/mol. The molecule has 0 amide bonds. The first-order valence-electron chi connectivity index (χ1n) is 14.7. The number of unbranched alkanes of at least 4 members (excludes halogenated alkanes) is 8. The first kappa shape index (κ1) is 27.2. The van der Waals surface area contributed by atoms with Crippen LogP contribution in [0.5, 0.6) is 0 Å². The van der Waals surface area contributed by atoms with Gasteiger partial charge in [0.05, 0.1) is 0 Å². The van der Waals surface area contributed by atoms with Gasteiger partial charge < -0.3 is 0 Å². The van der Waals surface area contributed by atoms with Crippen molar-refractivity contribution in [1.82, 2.24) is 9.80 Å². The van der Waals surface area contributed by atoms with Crippen LogP contribution in [0, 0.1) is 5.92 Å². The number of rotatable bonds is 19. The molecular weight excluding hydrogens is 376 g/mol. The fourth-order valence-electron chi connectivity index (χ4n) is 6.42. The zero-order valence-corrected chi connectivity index (χ0v) is 22.1. The maximum Gasteiger partial charge on any atom is 0.0227 e. The molecule has 2 heterocycles. The molecule has 2 unspecified atom stereocenters. The van der Waals surface area contributed by atoms with Gasteiger partial charge in [0.1, 0.15) is 0 Å². The molecule has 2 aliphatic rings. The third-order valence-electron chi connectivity index (χ3n) is 8.34. The van der Waals surface area contributed by atoms with Crippen molar-refractivity contribution in [3.63, 3.8) is 0 Å². The highest BCUT2D eigenvalue weighted by molar-refractivity contribution is 4.98. The molecule has 31 heavy (non-hydrogen) atoms. The van der Waals surface area contributed by atoms with Crippen LogP contribution in [0.2, 0.25) is 0 Å². The van der Waals surface area contributed by atoms with Gasteiger partial charge in [0.25, 0.3) is 0 Å². The highest BCUT2D eigenvalue weighted by atomic mass is 15.3. The lowest BCUT2D eigenvalue weighted by molar-refractivity contribution is 0.0238. The van der Waals surface area contributed by atoms with E-state index in [2.05, 4.69) is 37.5 Å². The number of hydrogen-bond acceptors (Lipinski definition) is 2. The van der Waals surface area contributed by atoms with E-state index in [4.69, 9.17) is 0 Å². The summed E-state index contributed by atoms with van der Waals surface area (Å²) >= 11 is 0. The molecule has 0 saturated carbocycles. The van der Waals surface area contributed by atoms with E-state index in [-0.39, 0.29) is 0 Å². The third kappa shape index (κ3) is 9.75. The Morgan fingerprint density at radius 3 is 1.74 bits per heavy atom. The average molecular weight is 435 g/mol. The summed E-state index contributed by atoms with van der Waals surface area (Å²) in [7, 11) is 0. The zero-order valence-electron chi connectivity index (χ0n) is 22.1. The van der Waals surface area contributed by atoms with Crippen molar-refractivity contribution in [2.24, 2.45) is 5.92 Å². The molecule has 0 radical (unpaired) electrons. The summed E-state index contributed by atoms with van der Waals surface area (Å²) in [4.78, 5) is 5.95. The lowest BCUT2D eigenvalue weighted by atomic mass is 9.93. The van der Waals surface area contributed by atoms with Gasteiger partial charge in [-0.05, 0) is 44.4 Å². The van der Waals surface area contributed by atoms with Crippen LogP contribution in [-0.2, 0) is 0 Å². The van der Waals surface area contributed by atoms with Crippen LogP contribution >= 0.6 is 0 Å². The van der Waals surface area contributed by atoms with Crippen molar-refractivity contribution in [3.8, 4) is 0 Å². The van der Waals surface area contributed by atoms with Gasteiger partial charge in [-0.15, -0.1) is 0 Å². The van der Waals surface area contributed by atoms with Crippen molar-refractivity contribution in [1.29, 1.82) is 0 Å². The number of fused-ring (bicyclic) bond motifs is 2. The molecule has 4 atom stereocenters. The fraction of sp³-hybridized carbons (Fsp3) is 1.00. The summed E-state index contributed by atoms with van der Waals surface area (Å²) in [6, 6.07) is 2.58. The van der Waals surface area contributed by atoms with E-state index in [0.717, 1.165) is 24.0 Å². The Bertz CT molecular complexity index is 409. The predicted octanol–water partition coefficient (Wildman–Crippen LogP) is 8.44. The van der Waals surface area contributed by atoms with E-state index >= 15 is 0 Å². The van der Waals surface area contributed by atoms with Gasteiger partial charge >= 0.3 is 0 Å². The highest BCUT2D eigenvalue weighted by Gasteiger charge is 2.41. The van der Waals surface area contributed by atoms with Gasteiger partial charge in [-0.25, -0.2) is 0 Å². The van der Waals surface area contributed by atoms with Crippen molar-refractivity contribution in [2.75, 3.05) is 19.6 Å². The molecule has 2 heteroatoms. The van der Waals surface area contributed by atoms with E-state index in [9.17, 15) is 0 Å². The number of hydrogen-bond donors (Lipinski definition) is 0. The summed E-state index contributed by atoms with van der Waals surface area (Å²) in [5, 5.41) is 0. The molecule has 2 bridgehead atoms. The average Bonchev–Trinajstić information content (AvgIpc) is 3.00. The maximum absolute atomic E-state index is 3.00. The first-order valence-corrected chi connectivity index (χ1v) is 14.7. The van der Waals surface area contributed by atoms with E-state index in [1.807, 2.05) is 0 Å². The van der Waals surface area contributed by atoms with E-state index in [1.165, 1.54) is 135 Å². The second-order valence-electron chi connectivity index (χ2n) is 11.0. The van der Waals surface area contributed by atoms with Crippen molar-refractivity contribution >= 4 is 0 Å². The summed E-state index contributed by atoms with van der Waals surface area (Å²) < 4.78 is 0. The van der Waals surface area contributed by atoms with Crippen LogP contribution in [-0.4, -0.2) is 47.6 Å². The smallest absolute Gasteiger partial charge is 0.0227 e. The van der Waals surface area contributed by atoms with E-state index in [1.54, 1.807) is 0 Å². The van der Waals surface area contributed by atoms with Crippen LogP contribution in [0.4, 0.5) is 0 Å². The van der Waals surface area contributed by atoms with Crippen molar-refractivity contribution < 1.29 is 0 Å². The van der Waals surface area contributed by atoms with E-state index < -0.39 is 0 Å². The van der Waals surface area contributed by atoms with Crippen molar-refractivity contribution in [3.05, 3.63) is 0 Å². The minimum Gasteiger partial charge on any atom is -0.297 e. The molecule has 0 aromatic carbocycles. The Morgan fingerprint density at radius 1 is 0.581 bits per heavy atom. The van der Waals surface area contributed by atoms with Gasteiger partial charge in [0.2, 0.25) is 0 Å². The van der Waals surface area contributed by atoms with Crippen LogP contribution in [0.25, 0.3) is 0 Å². The molecule has 2 aliphatic heterocycles. The largest absolute Gasteiger partial charge is 0.297 e. The quantitative estimate of drug-likeness (QED) is 0.188. The van der Waals surface area contributed by atoms with Gasteiger partial charge in [-0.2, -0.15) is 0 Å². The van der Waals surface area contributed by atoms with Crippen molar-refractivity contribution in [2.45, 2.75) is 161 Å².